The molecule has 0 spiro atoms. The molecule has 0 aliphatic heterocycles. The molecule has 0 atom stereocenters. The predicted octanol–water partition coefficient (Wildman–Crippen LogP) is 3.45. The quantitative estimate of drug-likeness (QED) is 0.733. The van der Waals surface area contributed by atoms with E-state index in [1.54, 1.807) is 23.0 Å². The van der Waals surface area contributed by atoms with Crippen LogP contribution in [0.2, 0.25) is 0 Å². The topological polar surface area (TPSA) is 44.9 Å². The summed E-state index contributed by atoms with van der Waals surface area (Å²) in [6, 6.07) is 3.91. The van der Waals surface area contributed by atoms with Crippen molar-refractivity contribution in [2.45, 2.75) is 19.6 Å². The largest absolute Gasteiger partial charge is 0.496 e. The summed E-state index contributed by atoms with van der Waals surface area (Å²) < 4.78 is 47.6. The molecule has 1 aromatic carbocycles. The van der Waals surface area contributed by atoms with Gasteiger partial charge in [-0.05, 0) is 25.1 Å². The van der Waals surface area contributed by atoms with Crippen LogP contribution in [0.15, 0.2) is 43.1 Å². The maximum Gasteiger partial charge on any atom is 0.420 e. The summed E-state index contributed by atoms with van der Waals surface area (Å²) in [5, 5.41) is 0. The monoisotopic (exact) mass is 336 g/mol. The minimum absolute atomic E-state index is 0.208. The molecule has 126 valence electrons. The van der Waals surface area contributed by atoms with Gasteiger partial charge in [0.15, 0.2) is 0 Å². The average Bonchev–Trinajstić information content (AvgIpc) is 3.16. The highest BCUT2D eigenvalue weighted by Crippen LogP contribution is 2.37. The highest BCUT2D eigenvalue weighted by Gasteiger charge is 2.34. The summed E-state index contributed by atoms with van der Waals surface area (Å²) in [7, 11) is 1.22. The van der Waals surface area contributed by atoms with Crippen LogP contribution in [0.1, 0.15) is 17.1 Å². The van der Waals surface area contributed by atoms with E-state index in [1.807, 2.05) is 17.7 Å². The van der Waals surface area contributed by atoms with Crippen molar-refractivity contribution >= 4 is 0 Å². The lowest BCUT2D eigenvalue weighted by atomic mass is 10.1. The lowest BCUT2D eigenvalue weighted by Gasteiger charge is -2.13. The van der Waals surface area contributed by atoms with Gasteiger partial charge in [0.25, 0.3) is 0 Å². The first-order valence-electron chi connectivity index (χ1n) is 7.14. The third-order valence-corrected chi connectivity index (χ3v) is 3.68. The van der Waals surface area contributed by atoms with Gasteiger partial charge in [0.2, 0.25) is 0 Å². The molecule has 0 saturated heterocycles. The van der Waals surface area contributed by atoms with Crippen molar-refractivity contribution in [3.8, 4) is 11.4 Å². The van der Waals surface area contributed by atoms with E-state index in [4.69, 9.17) is 4.74 Å². The van der Waals surface area contributed by atoms with Gasteiger partial charge in [-0.2, -0.15) is 13.2 Å². The van der Waals surface area contributed by atoms with Crippen molar-refractivity contribution in [2.75, 3.05) is 7.11 Å². The maximum atomic E-state index is 13.1. The van der Waals surface area contributed by atoms with Gasteiger partial charge in [-0.1, -0.05) is 0 Å². The van der Waals surface area contributed by atoms with Crippen LogP contribution in [-0.4, -0.2) is 26.2 Å². The molecular weight excluding hydrogens is 321 g/mol. The van der Waals surface area contributed by atoms with Crippen LogP contribution in [-0.2, 0) is 12.7 Å². The SMILES string of the molecule is COc1ccc(-n2cnc(Cn3ccnc3C)c2)cc1C(F)(F)F. The smallest absolute Gasteiger partial charge is 0.420 e. The molecule has 0 amide bonds. The third-order valence-electron chi connectivity index (χ3n) is 3.68. The lowest BCUT2D eigenvalue weighted by Crippen LogP contribution is -2.08. The molecule has 5 nitrogen and oxygen atoms in total. The first-order chi connectivity index (χ1) is 11.4. The number of hydrogen-bond donors (Lipinski definition) is 0. The molecule has 0 aliphatic rings. The van der Waals surface area contributed by atoms with E-state index in [9.17, 15) is 13.2 Å². The van der Waals surface area contributed by atoms with Crippen LogP contribution in [0.4, 0.5) is 13.2 Å². The summed E-state index contributed by atoms with van der Waals surface area (Å²) in [4.78, 5) is 8.37. The van der Waals surface area contributed by atoms with Gasteiger partial charge >= 0.3 is 6.18 Å². The molecule has 0 N–H and O–H groups in total. The van der Waals surface area contributed by atoms with Crippen LogP contribution >= 0.6 is 0 Å². The second-order valence-corrected chi connectivity index (χ2v) is 5.26. The first-order valence-corrected chi connectivity index (χ1v) is 7.14. The van der Waals surface area contributed by atoms with E-state index >= 15 is 0 Å². The second kappa shape index (κ2) is 6.03. The van der Waals surface area contributed by atoms with Crippen LogP contribution in [0.3, 0.4) is 0 Å². The molecule has 0 bridgehead atoms. The Bertz CT molecular complexity index is 851. The Balaban J connectivity index is 1.91. The van der Waals surface area contributed by atoms with Crippen molar-refractivity contribution < 1.29 is 17.9 Å². The zero-order valence-electron chi connectivity index (χ0n) is 13.1. The Morgan fingerprint density at radius 2 is 2.00 bits per heavy atom. The van der Waals surface area contributed by atoms with Gasteiger partial charge in [0.1, 0.15) is 11.6 Å². The molecule has 0 aliphatic carbocycles. The van der Waals surface area contributed by atoms with Crippen LogP contribution in [0, 0.1) is 6.92 Å². The fourth-order valence-corrected chi connectivity index (χ4v) is 2.41. The average molecular weight is 336 g/mol. The van der Waals surface area contributed by atoms with E-state index in [-0.39, 0.29) is 5.75 Å². The standard InChI is InChI=1S/C16H15F3N4O/c1-11-20-5-6-22(11)8-12-9-23(10-21-12)13-3-4-15(24-2)14(7-13)16(17,18)19/h3-7,9-10H,8H2,1-2H3. The molecular formula is C16H15F3N4O. The number of nitrogens with zero attached hydrogens (tertiary/aromatic N) is 4. The third kappa shape index (κ3) is 3.12. The zero-order valence-corrected chi connectivity index (χ0v) is 13.1. The Labute approximate surface area is 136 Å². The summed E-state index contributed by atoms with van der Waals surface area (Å²) in [5.41, 5.74) is 0.271. The highest BCUT2D eigenvalue weighted by molar-refractivity contribution is 5.46. The predicted molar refractivity (Wildman–Crippen MR) is 81.2 cm³/mol. The molecule has 3 aromatic rings. The van der Waals surface area contributed by atoms with Crippen LogP contribution in [0.5, 0.6) is 5.75 Å². The van der Waals surface area contributed by atoms with E-state index in [1.165, 1.54) is 19.5 Å². The number of aryl methyl sites for hydroxylation is 1. The Morgan fingerprint density at radius 3 is 2.62 bits per heavy atom. The maximum absolute atomic E-state index is 13.1. The van der Waals surface area contributed by atoms with Gasteiger partial charge in [-0.25, -0.2) is 9.97 Å². The number of hydrogen-bond acceptors (Lipinski definition) is 3. The van der Waals surface area contributed by atoms with Crippen molar-refractivity contribution in [1.29, 1.82) is 0 Å². The Kier molecular flexibility index (Phi) is 4.04. The van der Waals surface area contributed by atoms with Gasteiger partial charge < -0.3 is 13.9 Å². The number of alkyl halides is 3. The fraction of sp³-hybridized carbons (Fsp3) is 0.250. The van der Waals surface area contributed by atoms with Gasteiger partial charge in [0, 0.05) is 24.3 Å². The number of ether oxygens (including phenoxy) is 1. The number of halogens is 3. The van der Waals surface area contributed by atoms with Crippen molar-refractivity contribution in [3.63, 3.8) is 0 Å². The van der Waals surface area contributed by atoms with Crippen LogP contribution in [0.25, 0.3) is 5.69 Å². The molecule has 3 rings (SSSR count). The lowest BCUT2D eigenvalue weighted by molar-refractivity contribution is -0.138. The van der Waals surface area contributed by atoms with E-state index < -0.39 is 11.7 Å². The number of imidazole rings is 2. The molecule has 0 fully saturated rings. The molecule has 8 heteroatoms. The summed E-state index contributed by atoms with van der Waals surface area (Å²) in [5.74, 6) is 0.633. The zero-order chi connectivity index (χ0) is 17.3. The Morgan fingerprint density at radius 1 is 1.21 bits per heavy atom. The number of methoxy groups -OCH3 is 1. The summed E-state index contributed by atoms with van der Waals surface area (Å²) in [6.07, 6.45) is 2.21. The number of benzene rings is 1. The van der Waals surface area contributed by atoms with Gasteiger partial charge in [-0.3, -0.25) is 0 Å². The number of aromatic nitrogens is 4. The highest BCUT2D eigenvalue weighted by atomic mass is 19.4. The second-order valence-electron chi connectivity index (χ2n) is 5.26. The summed E-state index contributed by atoms with van der Waals surface area (Å²) in [6.45, 7) is 2.37. The van der Waals surface area contributed by atoms with E-state index in [0.29, 0.717) is 12.2 Å². The normalized spacial score (nSPS) is 11.7. The van der Waals surface area contributed by atoms with Gasteiger partial charge in [0.05, 0.1) is 31.2 Å². The molecule has 0 saturated carbocycles. The van der Waals surface area contributed by atoms with Crippen molar-refractivity contribution in [3.05, 3.63) is 60.2 Å². The molecule has 2 aromatic heterocycles. The van der Waals surface area contributed by atoms with E-state index in [2.05, 4.69) is 9.97 Å². The number of rotatable bonds is 4. The molecule has 2 heterocycles. The van der Waals surface area contributed by atoms with Crippen molar-refractivity contribution in [2.24, 2.45) is 0 Å². The molecule has 0 unspecified atom stereocenters. The van der Waals surface area contributed by atoms with Crippen LogP contribution < -0.4 is 4.74 Å². The summed E-state index contributed by atoms with van der Waals surface area (Å²) >= 11 is 0. The first kappa shape index (κ1) is 16.1. The Hall–Kier alpha value is -2.77. The van der Waals surface area contributed by atoms with Gasteiger partial charge in [-0.15, -0.1) is 0 Å². The molecule has 24 heavy (non-hydrogen) atoms. The van der Waals surface area contributed by atoms with E-state index in [0.717, 1.165) is 17.6 Å². The fourth-order valence-electron chi connectivity index (χ4n) is 2.41. The minimum atomic E-state index is -4.49. The molecule has 0 radical (unpaired) electrons. The van der Waals surface area contributed by atoms with Crippen molar-refractivity contribution in [1.82, 2.24) is 19.1 Å². The minimum Gasteiger partial charge on any atom is -0.496 e.